The van der Waals surface area contributed by atoms with Gasteiger partial charge in [-0.05, 0) is 17.7 Å². The van der Waals surface area contributed by atoms with E-state index in [1.165, 1.54) is 0 Å². The maximum absolute atomic E-state index is 11.1. The summed E-state index contributed by atoms with van der Waals surface area (Å²) in [6.07, 6.45) is 0.334. The largest absolute Gasteiger partial charge is 0.359 e. The molecule has 0 aliphatic heterocycles. The topological polar surface area (TPSA) is 58.2 Å². The fourth-order valence-corrected chi connectivity index (χ4v) is 1.24. The zero-order valence-electron chi connectivity index (χ0n) is 8.92. The number of rotatable bonds is 4. The van der Waals surface area contributed by atoms with E-state index in [2.05, 4.69) is 10.6 Å². The Morgan fingerprint density at radius 3 is 2.31 bits per heavy atom. The summed E-state index contributed by atoms with van der Waals surface area (Å²) in [5.74, 6) is -0.363. The number of hydrogen-bond acceptors (Lipinski definition) is 2. The summed E-state index contributed by atoms with van der Waals surface area (Å²) in [6, 6.07) is 7.06. The van der Waals surface area contributed by atoms with Crippen molar-refractivity contribution in [3.63, 3.8) is 0 Å². The zero-order valence-corrected chi connectivity index (χ0v) is 9.67. The lowest BCUT2D eigenvalue weighted by atomic mass is 10.1. The van der Waals surface area contributed by atoms with Crippen molar-refractivity contribution in [3.8, 4) is 0 Å². The quantitative estimate of drug-likeness (QED) is 0.776. The molecule has 1 aromatic carbocycles. The first-order valence-corrected chi connectivity index (χ1v) is 5.34. The zero-order chi connectivity index (χ0) is 12.0. The van der Waals surface area contributed by atoms with Gasteiger partial charge in [-0.2, -0.15) is 0 Å². The molecule has 1 aromatic rings. The van der Waals surface area contributed by atoms with Crippen molar-refractivity contribution in [2.24, 2.45) is 0 Å². The second-order valence-electron chi connectivity index (χ2n) is 3.23. The lowest BCUT2D eigenvalue weighted by molar-refractivity contribution is -0.120. The maximum atomic E-state index is 11.1. The van der Waals surface area contributed by atoms with E-state index in [9.17, 15) is 9.59 Å². The van der Waals surface area contributed by atoms with Crippen LogP contribution in [0, 0.1) is 0 Å². The standard InChI is InChI=1S/C11H13ClN2O2/c1-13-10(15)6-8-2-4-9(5-3-8)14-11(16)7-12/h2-5H,6-7H2,1H3,(H,13,15)(H,14,16). The Morgan fingerprint density at radius 1 is 1.19 bits per heavy atom. The van der Waals surface area contributed by atoms with Crippen LogP contribution in [0.15, 0.2) is 24.3 Å². The Hall–Kier alpha value is -1.55. The van der Waals surface area contributed by atoms with E-state index in [-0.39, 0.29) is 17.7 Å². The van der Waals surface area contributed by atoms with Crippen LogP contribution >= 0.6 is 11.6 Å². The van der Waals surface area contributed by atoms with Crippen LogP contribution in [0.3, 0.4) is 0 Å². The van der Waals surface area contributed by atoms with Gasteiger partial charge in [0.1, 0.15) is 5.88 Å². The Morgan fingerprint density at radius 2 is 1.81 bits per heavy atom. The molecule has 5 heteroatoms. The van der Waals surface area contributed by atoms with Gasteiger partial charge in [0.25, 0.3) is 0 Å². The summed E-state index contributed by atoms with van der Waals surface area (Å²) in [5, 5.41) is 5.16. The van der Waals surface area contributed by atoms with Crippen LogP contribution in [0.5, 0.6) is 0 Å². The molecule has 0 spiro atoms. The predicted molar refractivity (Wildman–Crippen MR) is 63.6 cm³/mol. The van der Waals surface area contributed by atoms with Crippen molar-refractivity contribution in [1.29, 1.82) is 0 Å². The lowest BCUT2D eigenvalue weighted by Gasteiger charge is -2.04. The normalized spacial score (nSPS) is 9.62. The van der Waals surface area contributed by atoms with E-state index in [1.807, 2.05) is 0 Å². The number of hydrogen-bond donors (Lipinski definition) is 2. The van der Waals surface area contributed by atoms with Gasteiger partial charge in [0, 0.05) is 12.7 Å². The van der Waals surface area contributed by atoms with Crippen LogP contribution in [0.25, 0.3) is 0 Å². The number of nitrogens with one attached hydrogen (secondary N) is 2. The van der Waals surface area contributed by atoms with Gasteiger partial charge in [0.15, 0.2) is 0 Å². The molecule has 0 heterocycles. The SMILES string of the molecule is CNC(=O)Cc1ccc(NC(=O)CCl)cc1. The van der Waals surface area contributed by atoms with Gasteiger partial charge >= 0.3 is 0 Å². The van der Waals surface area contributed by atoms with Gasteiger partial charge < -0.3 is 10.6 Å². The minimum absolute atomic E-state index is 0.0439. The van der Waals surface area contributed by atoms with Crippen molar-refractivity contribution in [1.82, 2.24) is 5.32 Å². The molecule has 86 valence electrons. The number of benzene rings is 1. The molecular formula is C11H13ClN2O2. The summed E-state index contributed by atoms with van der Waals surface area (Å²) >= 11 is 5.36. The highest BCUT2D eigenvalue weighted by molar-refractivity contribution is 6.29. The average Bonchev–Trinajstić information content (AvgIpc) is 2.31. The second kappa shape index (κ2) is 6.12. The third kappa shape index (κ3) is 3.90. The highest BCUT2D eigenvalue weighted by atomic mass is 35.5. The van der Waals surface area contributed by atoms with Crippen LogP contribution < -0.4 is 10.6 Å². The third-order valence-corrected chi connectivity index (χ3v) is 2.25. The summed E-state index contributed by atoms with van der Waals surface area (Å²) in [7, 11) is 1.59. The van der Waals surface area contributed by atoms with Crippen molar-refractivity contribution in [2.75, 3.05) is 18.2 Å². The number of anilines is 1. The number of carbonyl (C=O) groups excluding carboxylic acids is 2. The second-order valence-corrected chi connectivity index (χ2v) is 3.50. The van der Waals surface area contributed by atoms with Gasteiger partial charge in [-0.25, -0.2) is 0 Å². The minimum atomic E-state index is -0.249. The van der Waals surface area contributed by atoms with E-state index in [4.69, 9.17) is 11.6 Å². The molecule has 2 amide bonds. The Labute approximate surface area is 99.0 Å². The van der Waals surface area contributed by atoms with Crippen LogP contribution in [-0.4, -0.2) is 24.7 Å². The monoisotopic (exact) mass is 240 g/mol. The molecule has 0 aromatic heterocycles. The summed E-state index contributed by atoms with van der Waals surface area (Å²) in [5.41, 5.74) is 1.56. The summed E-state index contributed by atoms with van der Waals surface area (Å²) < 4.78 is 0. The fraction of sp³-hybridized carbons (Fsp3) is 0.273. The summed E-state index contributed by atoms with van der Waals surface area (Å²) in [4.78, 5) is 22.1. The smallest absolute Gasteiger partial charge is 0.239 e. The molecule has 0 aliphatic rings. The first-order valence-electron chi connectivity index (χ1n) is 4.81. The molecule has 0 atom stereocenters. The number of likely N-dealkylation sites (N-methyl/N-ethyl adjacent to an activating group) is 1. The molecule has 0 aliphatic carbocycles. The molecule has 4 nitrogen and oxygen atoms in total. The molecule has 16 heavy (non-hydrogen) atoms. The number of carbonyl (C=O) groups is 2. The predicted octanol–water partition coefficient (Wildman–Crippen LogP) is 1.15. The maximum Gasteiger partial charge on any atom is 0.239 e. The van der Waals surface area contributed by atoms with Crippen molar-refractivity contribution < 1.29 is 9.59 Å². The summed E-state index contributed by atoms with van der Waals surface area (Å²) in [6.45, 7) is 0. The first-order chi connectivity index (χ1) is 7.65. The molecule has 0 saturated carbocycles. The van der Waals surface area contributed by atoms with Crippen molar-refractivity contribution in [3.05, 3.63) is 29.8 Å². The minimum Gasteiger partial charge on any atom is -0.359 e. The molecule has 0 radical (unpaired) electrons. The van der Waals surface area contributed by atoms with Crippen LogP contribution in [0.1, 0.15) is 5.56 Å². The van der Waals surface area contributed by atoms with Crippen LogP contribution in [0.2, 0.25) is 0 Å². The molecule has 0 saturated heterocycles. The van der Waals surface area contributed by atoms with Gasteiger partial charge in [0.05, 0.1) is 6.42 Å². The van der Waals surface area contributed by atoms with Gasteiger partial charge in [-0.3, -0.25) is 9.59 Å². The average molecular weight is 241 g/mol. The van der Waals surface area contributed by atoms with E-state index in [0.717, 1.165) is 5.56 Å². The van der Waals surface area contributed by atoms with Gasteiger partial charge in [0.2, 0.25) is 11.8 Å². The van der Waals surface area contributed by atoms with E-state index in [1.54, 1.807) is 31.3 Å². The van der Waals surface area contributed by atoms with E-state index < -0.39 is 0 Å². The number of halogens is 1. The Balaban J connectivity index is 2.60. The number of alkyl halides is 1. The molecule has 0 bridgehead atoms. The lowest BCUT2D eigenvalue weighted by Crippen LogP contribution is -2.19. The Bertz CT molecular complexity index is 339. The Kier molecular flexibility index (Phi) is 4.79. The van der Waals surface area contributed by atoms with Crippen LogP contribution in [-0.2, 0) is 16.0 Å². The van der Waals surface area contributed by atoms with Crippen LogP contribution in [0.4, 0.5) is 5.69 Å². The van der Waals surface area contributed by atoms with Crippen molar-refractivity contribution >= 4 is 29.1 Å². The molecular weight excluding hydrogens is 228 g/mol. The highest BCUT2D eigenvalue weighted by Crippen LogP contribution is 2.10. The molecule has 2 N–H and O–H groups in total. The third-order valence-electron chi connectivity index (χ3n) is 2.00. The van der Waals surface area contributed by atoms with Gasteiger partial charge in [-0.15, -0.1) is 11.6 Å². The molecule has 1 rings (SSSR count). The highest BCUT2D eigenvalue weighted by Gasteiger charge is 2.02. The first kappa shape index (κ1) is 12.5. The van der Waals surface area contributed by atoms with E-state index >= 15 is 0 Å². The van der Waals surface area contributed by atoms with Crippen molar-refractivity contribution in [2.45, 2.75) is 6.42 Å². The number of amides is 2. The van der Waals surface area contributed by atoms with E-state index in [0.29, 0.717) is 12.1 Å². The molecule has 0 unspecified atom stereocenters. The van der Waals surface area contributed by atoms with Gasteiger partial charge in [-0.1, -0.05) is 12.1 Å². The molecule has 0 fully saturated rings. The fourth-order valence-electron chi connectivity index (χ4n) is 1.17.